The number of methoxy groups -OCH3 is 3. The summed E-state index contributed by atoms with van der Waals surface area (Å²) in [6.07, 6.45) is 0. The van der Waals surface area contributed by atoms with E-state index in [1.807, 2.05) is 19.1 Å². The Morgan fingerprint density at radius 2 is 2.00 bits per heavy atom. The zero-order valence-corrected chi connectivity index (χ0v) is 11.1. The highest BCUT2D eigenvalue weighted by Crippen LogP contribution is 2.29. The van der Waals surface area contributed by atoms with Gasteiger partial charge in [0.15, 0.2) is 0 Å². The van der Waals surface area contributed by atoms with Crippen LogP contribution in [0, 0.1) is 0 Å². The summed E-state index contributed by atoms with van der Waals surface area (Å²) in [6, 6.07) is 5.33. The second-order valence-corrected chi connectivity index (χ2v) is 3.83. The predicted octanol–water partition coefficient (Wildman–Crippen LogP) is 1.53. The van der Waals surface area contributed by atoms with E-state index in [1.165, 1.54) is 7.11 Å². The van der Waals surface area contributed by atoms with Gasteiger partial charge in [0.1, 0.15) is 18.1 Å². The molecule has 1 atom stereocenters. The highest BCUT2D eigenvalue weighted by molar-refractivity contribution is 5.77. The second kappa shape index (κ2) is 6.86. The minimum absolute atomic E-state index is 0.0445. The average molecular weight is 253 g/mol. The van der Waals surface area contributed by atoms with Crippen LogP contribution in [0.5, 0.6) is 11.5 Å². The van der Waals surface area contributed by atoms with Gasteiger partial charge in [-0.15, -0.1) is 0 Å². The third-order valence-corrected chi connectivity index (χ3v) is 2.56. The molecular formula is C13H19NO4. The number of hydrogen-bond donors (Lipinski definition) is 1. The Balaban J connectivity index is 2.84. The molecule has 0 saturated heterocycles. The molecule has 1 aromatic carbocycles. The van der Waals surface area contributed by atoms with Crippen molar-refractivity contribution in [1.29, 1.82) is 0 Å². The van der Waals surface area contributed by atoms with E-state index in [9.17, 15) is 4.79 Å². The van der Waals surface area contributed by atoms with Gasteiger partial charge in [-0.1, -0.05) is 0 Å². The maximum Gasteiger partial charge on any atom is 0.246 e. The van der Waals surface area contributed by atoms with Crippen LogP contribution in [0.1, 0.15) is 18.5 Å². The summed E-state index contributed by atoms with van der Waals surface area (Å²) in [7, 11) is 4.67. The zero-order chi connectivity index (χ0) is 13.5. The van der Waals surface area contributed by atoms with Crippen LogP contribution >= 0.6 is 0 Å². The summed E-state index contributed by atoms with van der Waals surface area (Å²) >= 11 is 0. The van der Waals surface area contributed by atoms with Crippen molar-refractivity contribution in [2.75, 3.05) is 27.9 Å². The van der Waals surface area contributed by atoms with Gasteiger partial charge in [0, 0.05) is 18.7 Å². The molecule has 0 aliphatic rings. The van der Waals surface area contributed by atoms with E-state index in [2.05, 4.69) is 5.32 Å². The molecule has 0 aliphatic carbocycles. The monoisotopic (exact) mass is 253 g/mol. The Morgan fingerprint density at radius 1 is 1.28 bits per heavy atom. The first-order chi connectivity index (χ1) is 8.62. The molecule has 0 heterocycles. The van der Waals surface area contributed by atoms with Gasteiger partial charge >= 0.3 is 0 Å². The lowest BCUT2D eigenvalue weighted by Crippen LogP contribution is -2.30. The lowest BCUT2D eigenvalue weighted by Gasteiger charge is -2.17. The van der Waals surface area contributed by atoms with Crippen molar-refractivity contribution in [3.05, 3.63) is 23.8 Å². The normalized spacial score (nSPS) is 11.8. The summed E-state index contributed by atoms with van der Waals surface area (Å²) in [5.41, 5.74) is 0.891. The Morgan fingerprint density at radius 3 is 2.56 bits per heavy atom. The summed E-state index contributed by atoms with van der Waals surface area (Å²) in [4.78, 5) is 11.4. The third kappa shape index (κ3) is 3.63. The van der Waals surface area contributed by atoms with Gasteiger partial charge in [0.2, 0.25) is 5.91 Å². The summed E-state index contributed by atoms with van der Waals surface area (Å²) in [5, 5.41) is 2.82. The first-order valence-corrected chi connectivity index (χ1v) is 5.62. The number of rotatable bonds is 6. The van der Waals surface area contributed by atoms with Gasteiger partial charge in [0.05, 0.1) is 20.3 Å². The molecule has 0 spiro atoms. The standard InChI is InChI=1S/C13H19NO4/c1-9(14-13(15)8-16-2)11-6-5-10(17-3)7-12(11)18-4/h5-7,9H,8H2,1-4H3,(H,14,15). The van der Waals surface area contributed by atoms with Crippen LogP contribution in [0.25, 0.3) is 0 Å². The Labute approximate surface area is 107 Å². The SMILES string of the molecule is COCC(=O)NC(C)c1ccc(OC)cc1OC. The molecule has 5 heteroatoms. The number of benzene rings is 1. The van der Waals surface area contributed by atoms with E-state index in [0.717, 1.165) is 5.56 Å². The number of amides is 1. The predicted molar refractivity (Wildman–Crippen MR) is 68.0 cm³/mol. The molecule has 1 unspecified atom stereocenters. The minimum atomic E-state index is -0.164. The minimum Gasteiger partial charge on any atom is -0.497 e. The average Bonchev–Trinajstić information content (AvgIpc) is 2.38. The quantitative estimate of drug-likeness (QED) is 0.835. The van der Waals surface area contributed by atoms with Crippen molar-refractivity contribution in [3.63, 3.8) is 0 Å². The van der Waals surface area contributed by atoms with E-state index in [4.69, 9.17) is 14.2 Å². The molecule has 0 fully saturated rings. The van der Waals surface area contributed by atoms with E-state index in [0.29, 0.717) is 11.5 Å². The van der Waals surface area contributed by atoms with Gasteiger partial charge in [-0.05, 0) is 19.1 Å². The topological polar surface area (TPSA) is 56.8 Å². The zero-order valence-electron chi connectivity index (χ0n) is 11.1. The summed E-state index contributed by atoms with van der Waals surface area (Å²) in [6.45, 7) is 1.93. The maximum atomic E-state index is 11.4. The Hall–Kier alpha value is -1.75. The van der Waals surface area contributed by atoms with Crippen LogP contribution < -0.4 is 14.8 Å². The Bertz CT molecular complexity index is 406. The maximum absolute atomic E-state index is 11.4. The fourth-order valence-corrected chi connectivity index (χ4v) is 1.67. The largest absolute Gasteiger partial charge is 0.497 e. The van der Waals surface area contributed by atoms with Gasteiger partial charge in [0.25, 0.3) is 0 Å². The number of carbonyl (C=O) groups excluding carboxylic acids is 1. The number of ether oxygens (including phenoxy) is 3. The van der Waals surface area contributed by atoms with E-state index in [1.54, 1.807) is 20.3 Å². The molecular weight excluding hydrogens is 234 g/mol. The molecule has 5 nitrogen and oxygen atoms in total. The molecule has 0 radical (unpaired) electrons. The van der Waals surface area contributed by atoms with Crippen LogP contribution in [-0.4, -0.2) is 33.8 Å². The first kappa shape index (κ1) is 14.3. The third-order valence-electron chi connectivity index (χ3n) is 2.56. The van der Waals surface area contributed by atoms with Crippen molar-refractivity contribution < 1.29 is 19.0 Å². The molecule has 100 valence electrons. The number of nitrogens with one attached hydrogen (secondary N) is 1. The lowest BCUT2D eigenvalue weighted by atomic mass is 10.1. The van der Waals surface area contributed by atoms with Crippen molar-refractivity contribution in [2.24, 2.45) is 0 Å². The van der Waals surface area contributed by atoms with Crippen molar-refractivity contribution >= 4 is 5.91 Å². The summed E-state index contributed by atoms with van der Waals surface area (Å²) < 4.78 is 15.2. The highest BCUT2D eigenvalue weighted by atomic mass is 16.5. The Kier molecular flexibility index (Phi) is 5.45. The van der Waals surface area contributed by atoms with E-state index in [-0.39, 0.29) is 18.6 Å². The van der Waals surface area contributed by atoms with Crippen LogP contribution in [0.4, 0.5) is 0 Å². The van der Waals surface area contributed by atoms with Crippen molar-refractivity contribution in [2.45, 2.75) is 13.0 Å². The van der Waals surface area contributed by atoms with Crippen LogP contribution in [-0.2, 0) is 9.53 Å². The van der Waals surface area contributed by atoms with Crippen LogP contribution in [0.15, 0.2) is 18.2 Å². The fraction of sp³-hybridized carbons (Fsp3) is 0.462. The smallest absolute Gasteiger partial charge is 0.246 e. The van der Waals surface area contributed by atoms with E-state index >= 15 is 0 Å². The second-order valence-electron chi connectivity index (χ2n) is 3.83. The molecule has 0 aliphatic heterocycles. The molecule has 1 aromatic rings. The lowest BCUT2D eigenvalue weighted by molar-refractivity contribution is -0.125. The van der Waals surface area contributed by atoms with Crippen molar-refractivity contribution in [3.8, 4) is 11.5 Å². The summed E-state index contributed by atoms with van der Waals surface area (Å²) in [5.74, 6) is 1.23. The molecule has 0 saturated carbocycles. The first-order valence-electron chi connectivity index (χ1n) is 5.62. The molecule has 0 bridgehead atoms. The fourth-order valence-electron chi connectivity index (χ4n) is 1.67. The van der Waals surface area contributed by atoms with Gasteiger partial charge in [-0.25, -0.2) is 0 Å². The molecule has 1 amide bonds. The molecule has 18 heavy (non-hydrogen) atoms. The number of carbonyl (C=O) groups is 1. The molecule has 1 rings (SSSR count). The van der Waals surface area contributed by atoms with Gasteiger partial charge < -0.3 is 19.5 Å². The van der Waals surface area contributed by atoms with Crippen molar-refractivity contribution in [1.82, 2.24) is 5.32 Å². The number of hydrogen-bond acceptors (Lipinski definition) is 4. The van der Waals surface area contributed by atoms with Gasteiger partial charge in [-0.3, -0.25) is 4.79 Å². The van der Waals surface area contributed by atoms with Crippen LogP contribution in [0.2, 0.25) is 0 Å². The molecule has 1 N–H and O–H groups in total. The highest BCUT2D eigenvalue weighted by Gasteiger charge is 2.14. The van der Waals surface area contributed by atoms with Gasteiger partial charge in [-0.2, -0.15) is 0 Å². The van der Waals surface area contributed by atoms with E-state index < -0.39 is 0 Å². The molecule has 0 aromatic heterocycles. The van der Waals surface area contributed by atoms with Crippen LogP contribution in [0.3, 0.4) is 0 Å².